The first-order valence-corrected chi connectivity index (χ1v) is 7.59. The molecule has 1 aromatic carbocycles. The van der Waals surface area contributed by atoms with Gasteiger partial charge in [-0.25, -0.2) is 4.98 Å². The number of carbonyl (C=O) groups is 2. The molecule has 0 bridgehead atoms. The van der Waals surface area contributed by atoms with E-state index in [4.69, 9.17) is 9.90 Å². The molecule has 23 heavy (non-hydrogen) atoms. The Balaban J connectivity index is 0.000000595. The topological polar surface area (TPSA) is 82.5 Å². The minimum absolute atomic E-state index is 0.155. The van der Waals surface area contributed by atoms with Crippen molar-refractivity contribution in [2.24, 2.45) is 0 Å². The van der Waals surface area contributed by atoms with Gasteiger partial charge in [-0.2, -0.15) is 0 Å². The van der Waals surface area contributed by atoms with Crippen molar-refractivity contribution in [2.45, 2.75) is 25.8 Å². The highest BCUT2D eigenvalue weighted by Crippen LogP contribution is 2.23. The van der Waals surface area contributed by atoms with E-state index >= 15 is 0 Å². The average Bonchev–Trinajstić information content (AvgIpc) is 2.56. The van der Waals surface area contributed by atoms with E-state index in [9.17, 15) is 4.79 Å². The summed E-state index contributed by atoms with van der Waals surface area (Å²) in [5.74, 6) is 1.07. The molecule has 3 rings (SSSR count). The van der Waals surface area contributed by atoms with Gasteiger partial charge in [0.25, 0.3) is 6.47 Å². The molecule has 1 fully saturated rings. The number of carboxylic acid groups (broad SMARTS) is 1. The van der Waals surface area contributed by atoms with Gasteiger partial charge in [-0.15, -0.1) is 0 Å². The van der Waals surface area contributed by atoms with Gasteiger partial charge in [0.2, 0.25) is 5.91 Å². The molecule has 0 aliphatic carbocycles. The van der Waals surface area contributed by atoms with Crippen molar-refractivity contribution in [2.75, 3.05) is 18.4 Å². The average molecular weight is 315 g/mol. The van der Waals surface area contributed by atoms with Crippen LogP contribution in [0.25, 0.3) is 10.8 Å². The second-order valence-electron chi connectivity index (χ2n) is 5.43. The fourth-order valence-electron chi connectivity index (χ4n) is 2.81. The SMILES string of the molecule is CC(=O)N1CCCC(Nc2nccc3ccccc23)C1.O=CO. The number of aromatic nitrogens is 1. The maximum absolute atomic E-state index is 11.5. The lowest BCUT2D eigenvalue weighted by molar-refractivity contribution is -0.129. The van der Waals surface area contributed by atoms with Gasteiger partial charge in [-0.05, 0) is 24.3 Å². The van der Waals surface area contributed by atoms with Crippen molar-refractivity contribution >= 4 is 29.0 Å². The molecular formula is C17H21N3O3. The molecule has 2 aromatic rings. The van der Waals surface area contributed by atoms with Crippen molar-refractivity contribution in [3.8, 4) is 0 Å². The summed E-state index contributed by atoms with van der Waals surface area (Å²) in [5.41, 5.74) is 0. The molecule has 1 aliphatic heterocycles. The Bertz CT molecular complexity index is 670. The number of likely N-dealkylation sites (tertiary alicyclic amines) is 1. The van der Waals surface area contributed by atoms with Crippen LogP contribution in [0.3, 0.4) is 0 Å². The van der Waals surface area contributed by atoms with Crippen LogP contribution >= 0.6 is 0 Å². The Morgan fingerprint density at radius 2 is 2.13 bits per heavy atom. The molecule has 0 spiro atoms. The number of nitrogens with one attached hydrogen (secondary N) is 1. The molecule has 1 aliphatic rings. The van der Waals surface area contributed by atoms with Crippen LogP contribution in [0.1, 0.15) is 19.8 Å². The quantitative estimate of drug-likeness (QED) is 0.831. The first-order chi connectivity index (χ1) is 11.2. The number of hydrogen-bond acceptors (Lipinski definition) is 4. The van der Waals surface area contributed by atoms with Gasteiger partial charge >= 0.3 is 0 Å². The van der Waals surface area contributed by atoms with Gasteiger partial charge in [-0.3, -0.25) is 9.59 Å². The fraction of sp³-hybridized carbons (Fsp3) is 0.353. The lowest BCUT2D eigenvalue weighted by Gasteiger charge is -2.33. The van der Waals surface area contributed by atoms with Crippen LogP contribution in [0, 0.1) is 0 Å². The minimum atomic E-state index is -0.250. The minimum Gasteiger partial charge on any atom is -0.483 e. The number of fused-ring (bicyclic) bond motifs is 1. The Labute approximate surface area is 135 Å². The van der Waals surface area contributed by atoms with Crippen LogP contribution in [0.15, 0.2) is 36.5 Å². The number of nitrogens with zero attached hydrogens (tertiary/aromatic N) is 2. The van der Waals surface area contributed by atoms with E-state index in [-0.39, 0.29) is 18.4 Å². The van der Waals surface area contributed by atoms with E-state index < -0.39 is 0 Å². The van der Waals surface area contributed by atoms with Gasteiger partial charge in [0.1, 0.15) is 5.82 Å². The Morgan fingerprint density at radius 3 is 2.87 bits per heavy atom. The standard InChI is InChI=1S/C16H19N3O.CH2O2/c1-12(20)19-10-4-6-14(11-19)18-16-15-7-3-2-5-13(15)8-9-17-16;2-1-3/h2-3,5,7-9,14H,4,6,10-11H2,1H3,(H,17,18);1H,(H,2,3). The normalized spacial score (nSPS) is 17.1. The maximum Gasteiger partial charge on any atom is 0.290 e. The molecule has 1 aromatic heterocycles. The molecule has 122 valence electrons. The molecule has 6 nitrogen and oxygen atoms in total. The Hall–Kier alpha value is -2.63. The van der Waals surface area contributed by atoms with Gasteiger partial charge in [0.15, 0.2) is 0 Å². The summed E-state index contributed by atoms with van der Waals surface area (Å²) in [4.78, 5) is 26.2. The van der Waals surface area contributed by atoms with E-state index in [1.807, 2.05) is 29.3 Å². The lowest BCUT2D eigenvalue weighted by atomic mass is 10.1. The zero-order valence-corrected chi connectivity index (χ0v) is 13.1. The lowest BCUT2D eigenvalue weighted by Crippen LogP contribution is -2.44. The number of pyridine rings is 1. The first kappa shape index (κ1) is 16.7. The molecule has 1 saturated heterocycles. The van der Waals surface area contributed by atoms with Crippen LogP contribution < -0.4 is 5.32 Å². The summed E-state index contributed by atoms with van der Waals surface area (Å²) in [7, 11) is 0. The molecular weight excluding hydrogens is 294 g/mol. The van der Waals surface area contributed by atoms with E-state index in [0.29, 0.717) is 0 Å². The third kappa shape index (κ3) is 4.42. The van der Waals surface area contributed by atoms with E-state index in [1.165, 1.54) is 5.39 Å². The van der Waals surface area contributed by atoms with E-state index in [1.54, 1.807) is 6.92 Å². The fourth-order valence-corrected chi connectivity index (χ4v) is 2.81. The molecule has 1 atom stereocenters. The monoisotopic (exact) mass is 315 g/mol. The highest BCUT2D eigenvalue weighted by Gasteiger charge is 2.21. The molecule has 0 saturated carbocycles. The smallest absolute Gasteiger partial charge is 0.290 e. The highest BCUT2D eigenvalue weighted by atomic mass is 16.3. The van der Waals surface area contributed by atoms with Gasteiger partial charge in [0, 0.05) is 37.6 Å². The zero-order chi connectivity index (χ0) is 16.7. The van der Waals surface area contributed by atoms with Gasteiger partial charge in [0.05, 0.1) is 0 Å². The molecule has 1 amide bonds. The second-order valence-corrected chi connectivity index (χ2v) is 5.43. The summed E-state index contributed by atoms with van der Waals surface area (Å²) >= 11 is 0. The van der Waals surface area contributed by atoms with E-state index in [2.05, 4.69) is 22.4 Å². The Morgan fingerprint density at radius 1 is 1.39 bits per heavy atom. The van der Waals surface area contributed by atoms with E-state index in [0.717, 1.165) is 37.1 Å². The number of benzene rings is 1. The predicted octanol–water partition coefficient (Wildman–Crippen LogP) is 2.36. The molecule has 6 heteroatoms. The molecule has 1 unspecified atom stereocenters. The van der Waals surface area contributed by atoms with Crippen LogP contribution in [0.2, 0.25) is 0 Å². The van der Waals surface area contributed by atoms with Gasteiger partial charge in [-0.1, -0.05) is 24.3 Å². The van der Waals surface area contributed by atoms with Crippen molar-refractivity contribution in [1.29, 1.82) is 0 Å². The van der Waals surface area contributed by atoms with Crippen LogP contribution in [-0.2, 0) is 9.59 Å². The number of amides is 1. The number of carbonyl (C=O) groups excluding carboxylic acids is 1. The van der Waals surface area contributed by atoms with Crippen LogP contribution in [0.4, 0.5) is 5.82 Å². The summed E-state index contributed by atoms with van der Waals surface area (Å²) in [6, 6.07) is 10.5. The highest BCUT2D eigenvalue weighted by molar-refractivity contribution is 5.91. The van der Waals surface area contributed by atoms with Crippen molar-refractivity contribution in [3.05, 3.63) is 36.5 Å². The number of anilines is 1. The number of rotatable bonds is 2. The molecule has 2 N–H and O–H groups in total. The zero-order valence-electron chi connectivity index (χ0n) is 13.1. The van der Waals surface area contributed by atoms with Gasteiger partial charge < -0.3 is 15.3 Å². The van der Waals surface area contributed by atoms with Crippen LogP contribution in [-0.4, -0.2) is 46.5 Å². The van der Waals surface area contributed by atoms with Crippen molar-refractivity contribution < 1.29 is 14.7 Å². The number of piperidine rings is 1. The predicted molar refractivity (Wildman–Crippen MR) is 89.3 cm³/mol. The third-order valence-electron chi connectivity index (χ3n) is 3.88. The number of hydrogen-bond donors (Lipinski definition) is 2. The summed E-state index contributed by atoms with van der Waals surface area (Å²) in [5, 5.41) is 12.7. The largest absolute Gasteiger partial charge is 0.483 e. The van der Waals surface area contributed by atoms with Crippen molar-refractivity contribution in [1.82, 2.24) is 9.88 Å². The first-order valence-electron chi connectivity index (χ1n) is 7.59. The van der Waals surface area contributed by atoms with Crippen LogP contribution in [0.5, 0.6) is 0 Å². The molecule has 2 heterocycles. The van der Waals surface area contributed by atoms with Crippen molar-refractivity contribution in [3.63, 3.8) is 0 Å². The summed E-state index contributed by atoms with van der Waals surface area (Å²) in [6.07, 6.45) is 3.95. The summed E-state index contributed by atoms with van der Waals surface area (Å²) < 4.78 is 0. The Kier molecular flexibility index (Phi) is 5.91. The maximum atomic E-state index is 11.5. The molecule has 0 radical (unpaired) electrons. The summed E-state index contributed by atoms with van der Waals surface area (Å²) in [6.45, 7) is 3.02. The third-order valence-corrected chi connectivity index (χ3v) is 3.88. The second kappa shape index (κ2) is 8.12.